The van der Waals surface area contributed by atoms with Crippen LogP contribution in [0.3, 0.4) is 0 Å². The van der Waals surface area contributed by atoms with Gasteiger partial charge in [0, 0.05) is 6.07 Å². The van der Waals surface area contributed by atoms with E-state index in [0.717, 1.165) is 16.5 Å². The van der Waals surface area contributed by atoms with Gasteiger partial charge in [-0.15, -0.1) is 0 Å². The van der Waals surface area contributed by atoms with Crippen molar-refractivity contribution in [3.05, 3.63) is 48.2 Å². The number of carbonyl (C=O) groups is 1. The molecule has 1 aromatic heterocycles. The highest BCUT2D eigenvalue weighted by atomic mass is 16.5. The van der Waals surface area contributed by atoms with Crippen LogP contribution in [0.25, 0.3) is 10.8 Å². The number of nitrogens with zero attached hydrogens (tertiary/aromatic N) is 1. The van der Waals surface area contributed by atoms with Gasteiger partial charge in [0.1, 0.15) is 17.3 Å². The minimum atomic E-state index is -0.676. The van der Waals surface area contributed by atoms with Crippen molar-refractivity contribution in [2.24, 2.45) is 0 Å². The molecule has 0 fully saturated rings. The van der Waals surface area contributed by atoms with Crippen molar-refractivity contribution in [3.63, 3.8) is 0 Å². The molecule has 0 unspecified atom stereocenters. The van der Waals surface area contributed by atoms with Crippen LogP contribution in [0.15, 0.2) is 47.0 Å². The van der Waals surface area contributed by atoms with Crippen LogP contribution in [0.1, 0.15) is 12.7 Å². The zero-order valence-electron chi connectivity index (χ0n) is 13.7. The maximum absolute atomic E-state index is 12.2. The summed E-state index contributed by atoms with van der Waals surface area (Å²) in [5.74, 6) is 2.08. The van der Waals surface area contributed by atoms with Crippen LogP contribution in [0.2, 0.25) is 0 Å². The lowest BCUT2D eigenvalue weighted by atomic mass is 10.1. The third kappa shape index (κ3) is 3.48. The number of fused-ring (bicyclic) bond motifs is 1. The van der Waals surface area contributed by atoms with Gasteiger partial charge in [0.25, 0.3) is 5.91 Å². The molecule has 0 spiro atoms. The van der Waals surface area contributed by atoms with E-state index in [1.165, 1.54) is 0 Å². The molecular weight excluding hydrogens is 308 g/mol. The maximum atomic E-state index is 12.2. The zero-order valence-corrected chi connectivity index (χ0v) is 13.7. The summed E-state index contributed by atoms with van der Waals surface area (Å²) in [6, 6.07) is 13.1. The molecule has 1 amide bonds. The van der Waals surface area contributed by atoms with Crippen LogP contribution in [0, 0.1) is 6.92 Å². The Bertz CT molecular complexity index is 872. The Balaban J connectivity index is 1.72. The predicted molar refractivity (Wildman–Crippen MR) is 90.5 cm³/mol. The summed E-state index contributed by atoms with van der Waals surface area (Å²) in [6.07, 6.45) is -0.676. The van der Waals surface area contributed by atoms with Crippen molar-refractivity contribution >= 4 is 22.5 Å². The average molecular weight is 326 g/mol. The van der Waals surface area contributed by atoms with Gasteiger partial charge in [0.2, 0.25) is 0 Å². The highest BCUT2D eigenvalue weighted by molar-refractivity contribution is 5.93. The highest BCUT2D eigenvalue weighted by Gasteiger charge is 2.16. The van der Waals surface area contributed by atoms with E-state index in [1.807, 2.05) is 36.4 Å². The van der Waals surface area contributed by atoms with Gasteiger partial charge in [0.05, 0.1) is 7.11 Å². The summed E-state index contributed by atoms with van der Waals surface area (Å²) in [5, 5.41) is 8.42. The van der Waals surface area contributed by atoms with Crippen molar-refractivity contribution in [2.75, 3.05) is 12.4 Å². The quantitative estimate of drug-likeness (QED) is 0.776. The molecular formula is C18H18N2O4. The van der Waals surface area contributed by atoms with E-state index >= 15 is 0 Å². The third-order valence-corrected chi connectivity index (χ3v) is 3.58. The van der Waals surface area contributed by atoms with Crippen LogP contribution in [0.4, 0.5) is 5.82 Å². The largest absolute Gasteiger partial charge is 0.497 e. The smallest absolute Gasteiger partial charge is 0.266 e. The summed E-state index contributed by atoms with van der Waals surface area (Å²) >= 11 is 0. The lowest BCUT2D eigenvalue weighted by molar-refractivity contribution is -0.122. The number of amides is 1. The molecule has 3 rings (SSSR count). The van der Waals surface area contributed by atoms with Crippen LogP contribution in [-0.2, 0) is 4.79 Å². The standard InChI is InChI=1S/C18H18N2O4/c1-11-8-17(20-24-11)19-18(21)12(2)23-16-7-5-13-4-6-15(22-3)9-14(13)10-16/h4-10,12H,1-3H3,(H,19,20,21)/t12-/m0/s1. The van der Waals surface area contributed by atoms with E-state index in [2.05, 4.69) is 10.5 Å². The van der Waals surface area contributed by atoms with Gasteiger partial charge in [-0.25, -0.2) is 0 Å². The van der Waals surface area contributed by atoms with Crippen LogP contribution < -0.4 is 14.8 Å². The Labute approximate surface area is 139 Å². The molecule has 0 aliphatic heterocycles. The Hall–Kier alpha value is -3.02. The fourth-order valence-corrected chi connectivity index (χ4v) is 2.31. The number of carbonyl (C=O) groups excluding carboxylic acids is 1. The Morgan fingerprint density at radius 2 is 1.83 bits per heavy atom. The molecule has 0 radical (unpaired) electrons. The van der Waals surface area contributed by atoms with E-state index < -0.39 is 6.10 Å². The summed E-state index contributed by atoms with van der Waals surface area (Å²) in [5.41, 5.74) is 0. The van der Waals surface area contributed by atoms with Gasteiger partial charge in [-0.05, 0) is 48.9 Å². The molecule has 6 heteroatoms. The molecule has 0 aliphatic rings. The molecule has 0 saturated carbocycles. The number of ether oxygens (including phenoxy) is 2. The number of nitrogens with one attached hydrogen (secondary N) is 1. The molecule has 6 nitrogen and oxygen atoms in total. The van der Waals surface area contributed by atoms with Crippen molar-refractivity contribution in [1.29, 1.82) is 0 Å². The fourth-order valence-electron chi connectivity index (χ4n) is 2.31. The second-order valence-corrected chi connectivity index (χ2v) is 5.45. The van der Waals surface area contributed by atoms with E-state index in [4.69, 9.17) is 14.0 Å². The molecule has 2 aromatic carbocycles. The maximum Gasteiger partial charge on any atom is 0.266 e. The summed E-state index contributed by atoms with van der Waals surface area (Å²) < 4.78 is 15.9. The summed E-state index contributed by atoms with van der Waals surface area (Å²) in [6.45, 7) is 3.43. The number of aromatic nitrogens is 1. The van der Waals surface area contributed by atoms with E-state index in [9.17, 15) is 4.79 Å². The molecule has 0 saturated heterocycles. The Morgan fingerprint density at radius 1 is 1.12 bits per heavy atom. The molecule has 3 aromatic rings. The van der Waals surface area contributed by atoms with E-state index in [-0.39, 0.29) is 5.91 Å². The molecule has 1 atom stereocenters. The number of methoxy groups -OCH3 is 1. The Morgan fingerprint density at radius 3 is 2.50 bits per heavy atom. The topological polar surface area (TPSA) is 73.6 Å². The second kappa shape index (κ2) is 6.62. The number of benzene rings is 2. The molecule has 0 bridgehead atoms. The van der Waals surface area contributed by atoms with Gasteiger partial charge >= 0.3 is 0 Å². The molecule has 124 valence electrons. The van der Waals surface area contributed by atoms with Crippen LogP contribution >= 0.6 is 0 Å². The average Bonchev–Trinajstić information content (AvgIpc) is 2.98. The van der Waals surface area contributed by atoms with Crippen molar-refractivity contribution in [3.8, 4) is 11.5 Å². The highest BCUT2D eigenvalue weighted by Crippen LogP contribution is 2.25. The van der Waals surface area contributed by atoms with Crippen LogP contribution in [0.5, 0.6) is 11.5 Å². The first-order valence-corrected chi connectivity index (χ1v) is 7.54. The molecule has 1 heterocycles. The molecule has 1 N–H and O–H groups in total. The van der Waals surface area contributed by atoms with Gasteiger partial charge < -0.3 is 19.3 Å². The van der Waals surface area contributed by atoms with Gasteiger partial charge in [-0.3, -0.25) is 4.79 Å². The number of aryl methyl sites for hydroxylation is 1. The number of rotatable bonds is 5. The van der Waals surface area contributed by atoms with Gasteiger partial charge in [0.15, 0.2) is 11.9 Å². The van der Waals surface area contributed by atoms with Crippen LogP contribution in [-0.4, -0.2) is 24.3 Å². The van der Waals surface area contributed by atoms with Crippen molar-refractivity contribution < 1.29 is 18.8 Å². The van der Waals surface area contributed by atoms with Gasteiger partial charge in [-0.2, -0.15) is 0 Å². The predicted octanol–water partition coefficient (Wildman–Crippen LogP) is 3.55. The number of anilines is 1. The first-order chi connectivity index (χ1) is 11.5. The van der Waals surface area contributed by atoms with E-state index in [0.29, 0.717) is 17.3 Å². The summed E-state index contributed by atoms with van der Waals surface area (Å²) in [4.78, 5) is 12.2. The van der Waals surface area contributed by atoms with E-state index in [1.54, 1.807) is 27.0 Å². The molecule has 24 heavy (non-hydrogen) atoms. The van der Waals surface area contributed by atoms with Crippen molar-refractivity contribution in [2.45, 2.75) is 20.0 Å². The zero-order chi connectivity index (χ0) is 17.1. The lowest BCUT2D eigenvalue weighted by Gasteiger charge is -2.14. The Kier molecular flexibility index (Phi) is 4.37. The lowest BCUT2D eigenvalue weighted by Crippen LogP contribution is -2.30. The monoisotopic (exact) mass is 326 g/mol. The van der Waals surface area contributed by atoms with Gasteiger partial charge in [-0.1, -0.05) is 17.3 Å². The minimum Gasteiger partial charge on any atom is -0.497 e. The second-order valence-electron chi connectivity index (χ2n) is 5.45. The first-order valence-electron chi connectivity index (χ1n) is 7.54. The number of hydrogen-bond acceptors (Lipinski definition) is 5. The number of hydrogen-bond donors (Lipinski definition) is 1. The third-order valence-electron chi connectivity index (χ3n) is 3.58. The van der Waals surface area contributed by atoms with Crippen molar-refractivity contribution in [1.82, 2.24) is 5.16 Å². The normalized spacial score (nSPS) is 12.0. The summed E-state index contributed by atoms with van der Waals surface area (Å²) in [7, 11) is 1.62. The fraction of sp³-hybridized carbons (Fsp3) is 0.222. The SMILES string of the molecule is COc1ccc2ccc(O[C@@H](C)C(=O)Nc3cc(C)on3)cc2c1. The first kappa shape index (κ1) is 15.9. The molecule has 0 aliphatic carbocycles. The minimum absolute atomic E-state index is 0.297.